The van der Waals surface area contributed by atoms with E-state index in [4.69, 9.17) is 4.74 Å². The van der Waals surface area contributed by atoms with Gasteiger partial charge in [-0.3, -0.25) is 9.59 Å². The number of methoxy groups -OCH3 is 1. The topological polar surface area (TPSA) is 70.7 Å². The van der Waals surface area contributed by atoms with Gasteiger partial charge in [0, 0.05) is 24.8 Å². The van der Waals surface area contributed by atoms with Crippen molar-refractivity contribution in [2.75, 3.05) is 25.5 Å². The van der Waals surface area contributed by atoms with Crippen molar-refractivity contribution >= 4 is 17.5 Å². The summed E-state index contributed by atoms with van der Waals surface area (Å²) < 4.78 is 5.22. The maximum atomic E-state index is 13.7. The van der Waals surface area contributed by atoms with Gasteiger partial charge in [-0.1, -0.05) is 56.5 Å². The zero-order valence-corrected chi connectivity index (χ0v) is 20.8. The van der Waals surface area contributed by atoms with Crippen LogP contribution in [0.25, 0.3) is 0 Å². The van der Waals surface area contributed by atoms with Crippen molar-refractivity contribution in [2.24, 2.45) is 0 Å². The zero-order valence-electron chi connectivity index (χ0n) is 20.8. The van der Waals surface area contributed by atoms with E-state index in [-0.39, 0.29) is 23.8 Å². The molecule has 2 N–H and O–H groups in total. The van der Waals surface area contributed by atoms with E-state index < -0.39 is 6.04 Å². The van der Waals surface area contributed by atoms with E-state index in [0.717, 1.165) is 42.7 Å². The number of ether oxygens (including phenoxy) is 1. The lowest BCUT2D eigenvalue weighted by molar-refractivity contribution is -0.139. The Morgan fingerprint density at radius 3 is 2.32 bits per heavy atom. The number of rotatable bonds is 11. The molecule has 1 saturated carbocycles. The van der Waals surface area contributed by atoms with Crippen LogP contribution in [0.2, 0.25) is 0 Å². The van der Waals surface area contributed by atoms with Gasteiger partial charge in [0.25, 0.3) is 0 Å². The van der Waals surface area contributed by atoms with Gasteiger partial charge in [0.1, 0.15) is 11.8 Å². The lowest BCUT2D eigenvalue weighted by atomic mass is 9.93. The molecule has 2 atom stereocenters. The average molecular weight is 466 g/mol. The molecule has 1 fully saturated rings. The normalized spacial score (nSPS) is 15.7. The van der Waals surface area contributed by atoms with Gasteiger partial charge in [-0.05, 0) is 56.0 Å². The van der Waals surface area contributed by atoms with Crippen LogP contribution in [0, 0.1) is 0 Å². The number of hydrogen-bond acceptors (Lipinski definition) is 4. The molecule has 0 radical (unpaired) electrons. The first-order valence-electron chi connectivity index (χ1n) is 12.6. The molecule has 184 valence electrons. The second-order valence-electron chi connectivity index (χ2n) is 9.08. The molecular weight excluding hydrogens is 426 g/mol. The largest absolute Gasteiger partial charge is 0.497 e. The van der Waals surface area contributed by atoms with Crippen LogP contribution in [-0.4, -0.2) is 49.0 Å². The monoisotopic (exact) mass is 465 g/mol. The van der Waals surface area contributed by atoms with Crippen molar-refractivity contribution in [1.29, 1.82) is 0 Å². The van der Waals surface area contributed by atoms with Crippen LogP contribution in [-0.2, 0) is 9.59 Å². The molecule has 0 unspecified atom stereocenters. The number of nitrogens with one attached hydrogen (secondary N) is 2. The van der Waals surface area contributed by atoms with E-state index in [1.54, 1.807) is 7.11 Å². The third kappa shape index (κ3) is 6.99. The number of nitrogens with zero attached hydrogens (tertiary/aromatic N) is 1. The minimum Gasteiger partial charge on any atom is -0.497 e. The summed E-state index contributed by atoms with van der Waals surface area (Å²) in [5, 5.41) is 6.46. The number of amides is 2. The summed E-state index contributed by atoms with van der Waals surface area (Å²) in [5.41, 5.74) is 1.95. The molecular formula is C28H39N3O3. The summed E-state index contributed by atoms with van der Waals surface area (Å²) in [6.07, 6.45) is 6.15. The van der Waals surface area contributed by atoms with Crippen molar-refractivity contribution in [3.63, 3.8) is 0 Å². The predicted molar refractivity (Wildman–Crippen MR) is 137 cm³/mol. The van der Waals surface area contributed by atoms with Crippen LogP contribution in [0.1, 0.15) is 63.9 Å². The highest BCUT2D eigenvalue weighted by Gasteiger charge is 2.31. The standard InChI is InChI=1S/C28H39N3O3/c1-4-26(30-27(32)21(2)22-11-7-5-8-12-22)28(33)31(24-13-9-6-10-14-24)20-19-29-23-15-17-25(34-3)18-16-23/h5,7-8,11-12,15-18,21,24,26,29H,4,6,9-10,13-14,19-20H2,1-3H3,(H,30,32)/t21-,26-/m0/s1. The van der Waals surface area contributed by atoms with Crippen LogP contribution >= 0.6 is 0 Å². The van der Waals surface area contributed by atoms with E-state index in [1.165, 1.54) is 6.42 Å². The third-order valence-corrected chi connectivity index (χ3v) is 6.79. The highest BCUT2D eigenvalue weighted by atomic mass is 16.5. The van der Waals surface area contributed by atoms with Crippen molar-refractivity contribution < 1.29 is 14.3 Å². The first-order valence-corrected chi connectivity index (χ1v) is 12.6. The molecule has 1 aliphatic carbocycles. The Labute approximate surface area is 204 Å². The van der Waals surface area contributed by atoms with E-state index in [0.29, 0.717) is 19.5 Å². The van der Waals surface area contributed by atoms with E-state index in [9.17, 15) is 9.59 Å². The second kappa shape index (κ2) is 13.0. The zero-order chi connectivity index (χ0) is 24.3. The van der Waals surface area contributed by atoms with Crippen LogP contribution in [0.4, 0.5) is 5.69 Å². The Bertz CT molecular complexity index is 895. The maximum absolute atomic E-state index is 13.7. The number of hydrogen-bond donors (Lipinski definition) is 2. The van der Waals surface area contributed by atoms with Crippen molar-refractivity contribution in [3.8, 4) is 5.75 Å². The lowest BCUT2D eigenvalue weighted by Crippen LogP contribution is -2.53. The Morgan fingerprint density at radius 2 is 1.71 bits per heavy atom. The molecule has 2 aromatic carbocycles. The maximum Gasteiger partial charge on any atom is 0.245 e. The number of carbonyl (C=O) groups is 2. The molecule has 0 saturated heterocycles. The minimum atomic E-state index is -0.512. The summed E-state index contributed by atoms with van der Waals surface area (Å²) in [6.45, 7) is 5.11. The van der Waals surface area contributed by atoms with Gasteiger partial charge < -0.3 is 20.3 Å². The summed E-state index contributed by atoms with van der Waals surface area (Å²) >= 11 is 0. The Kier molecular flexibility index (Phi) is 9.80. The second-order valence-corrected chi connectivity index (χ2v) is 9.08. The van der Waals surface area contributed by atoms with Gasteiger partial charge >= 0.3 is 0 Å². The van der Waals surface area contributed by atoms with Crippen LogP contribution in [0.5, 0.6) is 5.75 Å². The smallest absolute Gasteiger partial charge is 0.245 e. The molecule has 2 aromatic rings. The number of anilines is 1. The summed E-state index contributed by atoms with van der Waals surface area (Å²) in [4.78, 5) is 28.6. The SMILES string of the molecule is CC[C@H](NC(=O)[C@@H](C)c1ccccc1)C(=O)N(CCNc1ccc(OC)cc1)C1CCCCC1. The molecule has 0 aliphatic heterocycles. The quantitative estimate of drug-likeness (QED) is 0.492. The molecule has 0 aromatic heterocycles. The van der Waals surface area contributed by atoms with E-state index >= 15 is 0 Å². The molecule has 6 heteroatoms. The van der Waals surface area contributed by atoms with E-state index in [2.05, 4.69) is 10.6 Å². The van der Waals surface area contributed by atoms with Gasteiger partial charge in [0.15, 0.2) is 0 Å². The summed E-state index contributed by atoms with van der Waals surface area (Å²) in [7, 11) is 1.65. The Hall–Kier alpha value is -3.02. The molecule has 3 rings (SSSR count). The lowest BCUT2D eigenvalue weighted by Gasteiger charge is -2.37. The molecule has 2 amide bonds. The van der Waals surface area contributed by atoms with Gasteiger partial charge in [-0.15, -0.1) is 0 Å². The highest BCUT2D eigenvalue weighted by molar-refractivity contribution is 5.90. The third-order valence-electron chi connectivity index (χ3n) is 6.79. The predicted octanol–water partition coefficient (Wildman–Crippen LogP) is 4.97. The molecule has 0 bridgehead atoms. The Balaban J connectivity index is 1.65. The van der Waals surface area contributed by atoms with Gasteiger partial charge in [0.2, 0.25) is 11.8 Å². The van der Waals surface area contributed by atoms with Crippen LogP contribution < -0.4 is 15.4 Å². The van der Waals surface area contributed by atoms with Gasteiger partial charge in [-0.25, -0.2) is 0 Å². The Morgan fingerprint density at radius 1 is 1.03 bits per heavy atom. The average Bonchev–Trinajstić information content (AvgIpc) is 2.90. The summed E-state index contributed by atoms with van der Waals surface area (Å²) in [5.74, 6) is 0.435. The fourth-order valence-electron chi connectivity index (χ4n) is 4.62. The van der Waals surface area contributed by atoms with Crippen molar-refractivity contribution in [1.82, 2.24) is 10.2 Å². The van der Waals surface area contributed by atoms with Crippen LogP contribution in [0.3, 0.4) is 0 Å². The van der Waals surface area contributed by atoms with Crippen molar-refractivity contribution in [3.05, 3.63) is 60.2 Å². The first-order chi connectivity index (χ1) is 16.5. The molecule has 34 heavy (non-hydrogen) atoms. The molecule has 6 nitrogen and oxygen atoms in total. The van der Waals surface area contributed by atoms with E-state index in [1.807, 2.05) is 73.3 Å². The molecule has 0 spiro atoms. The molecule has 1 aliphatic rings. The fourth-order valence-corrected chi connectivity index (χ4v) is 4.62. The minimum absolute atomic E-state index is 0.0274. The van der Waals surface area contributed by atoms with Gasteiger partial charge in [-0.2, -0.15) is 0 Å². The van der Waals surface area contributed by atoms with Crippen molar-refractivity contribution in [2.45, 2.75) is 70.4 Å². The fraction of sp³-hybridized carbons (Fsp3) is 0.500. The molecule has 0 heterocycles. The number of carbonyl (C=O) groups excluding carboxylic acids is 2. The van der Waals surface area contributed by atoms with Gasteiger partial charge in [0.05, 0.1) is 13.0 Å². The number of benzene rings is 2. The first kappa shape index (κ1) is 25.6. The highest BCUT2D eigenvalue weighted by Crippen LogP contribution is 2.24. The van der Waals surface area contributed by atoms with Crippen LogP contribution in [0.15, 0.2) is 54.6 Å². The summed E-state index contributed by atoms with van der Waals surface area (Å²) in [6, 6.07) is 17.2.